The number of hydrogen-bond acceptors (Lipinski definition) is 13. The van der Waals surface area contributed by atoms with Gasteiger partial charge in [-0.3, -0.25) is 4.68 Å². The highest BCUT2D eigenvalue weighted by Gasteiger charge is 2.25. The number of terminal acetylenes is 1. The predicted octanol–water partition coefficient (Wildman–Crippen LogP) is 10.2. The van der Waals surface area contributed by atoms with E-state index in [0.717, 1.165) is 131 Å². The van der Waals surface area contributed by atoms with E-state index in [0.29, 0.717) is 28.7 Å². The number of nitrogens with one attached hydrogen (secondary N) is 2. The van der Waals surface area contributed by atoms with Crippen LogP contribution in [0.1, 0.15) is 145 Å². The molecule has 19 nitrogen and oxygen atoms in total. The summed E-state index contributed by atoms with van der Waals surface area (Å²) in [5.41, 5.74) is 31.4. The molecule has 6 N–H and O–H groups in total. The third-order valence-corrected chi connectivity index (χ3v) is 16.8. The van der Waals surface area contributed by atoms with Crippen LogP contribution in [0, 0.1) is 81.6 Å². The number of hydrogen-bond donors (Lipinski definition) is 4. The van der Waals surface area contributed by atoms with E-state index in [1.807, 2.05) is 89.3 Å². The van der Waals surface area contributed by atoms with Crippen LogP contribution in [0.2, 0.25) is 0 Å². The molecular formula is C52H80ClN13O6S2. The van der Waals surface area contributed by atoms with Crippen molar-refractivity contribution in [3.05, 3.63) is 102 Å². The van der Waals surface area contributed by atoms with E-state index in [9.17, 15) is 21.6 Å². The van der Waals surface area contributed by atoms with Crippen molar-refractivity contribution in [1.82, 2.24) is 39.2 Å². The fourth-order valence-corrected chi connectivity index (χ4v) is 11.8. The Bertz CT molecular complexity index is 2940. The first-order chi connectivity index (χ1) is 34.2. The van der Waals surface area contributed by atoms with E-state index < -0.39 is 31.6 Å². The average Bonchev–Trinajstić information content (AvgIpc) is 4.06. The first-order valence-corrected chi connectivity index (χ1v) is 27.9. The number of nitrogen functional groups attached to an aromatic ring is 2. The molecule has 0 bridgehead atoms. The molecule has 3 heterocycles. The molecule has 0 spiro atoms. The Hall–Kier alpha value is -5.91. The molecule has 3 aromatic heterocycles. The number of nitrogens with two attached hydrogens (primary N) is 2. The molecule has 5 rings (SSSR count). The Morgan fingerprint density at radius 3 is 1.84 bits per heavy atom. The number of sulfonamides is 1. The van der Waals surface area contributed by atoms with Crippen LogP contribution >= 0.6 is 12.4 Å². The largest absolute Gasteiger partial charge is 0.443 e. The van der Waals surface area contributed by atoms with Crippen molar-refractivity contribution in [1.29, 1.82) is 0 Å². The smallest absolute Gasteiger partial charge is 0.421 e. The minimum absolute atomic E-state index is 0. The Labute approximate surface area is 445 Å². The summed E-state index contributed by atoms with van der Waals surface area (Å²) >= 11 is 0. The summed E-state index contributed by atoms with van der Waals surface area (Å²) in [7, 11) is -6.96. The normalized spacial score (nSPS) is 11.4. The summed E-state index contributed by atoms with van der Waals surface area (Å²) in [5, 5.41) is 11.7. The minimum Gasteiger partial charge on any atom is -0.443 e. The molecule has 0 aliphatic heterocycles. The van der Waals surface area contributed by atoms with Gasteiger partial charge in [0, 0.05) is 49.1 Å². The fourth-order valence-electron chi connectivity index (χ4n) is 8.26. The number of carbonyl (C=O) groups excluding carboxylic acids is 1. The van der Waals surface area contributed by atoms with Gasteiger partial charge in [-0.15, -0.1) is 29.8 Å². The lowest BCUT2D eigenvalue weighted by Gasteiger charge is -2.19. The first kappa shape index (κ1) is 64.2. The van der Waals surface area contributed by atoms with Gasteiger partial charge in [-0.1, -0.05) is 23.2 Å². The second kappa shape index (κ2) is 29.3. The van der Waals surface area contributed by atoms with Crippen molar-refractivity contribution in [2.75, 3.05) is 30.3 Å². The molecule has 0 atom stereocenters. The zero-order valence-corrected chi connectivity index (χ0v) is 48.2. The maximum atomic E-state index is 13.1. The average molecular weight is 1080 g/mol. The van der Waals surface area contributed by atoms with Gasteiger partial charge < -0.3 is 21.2 Å². The highest BCUT2D eigenvalue weighted by Crippen LogP contribution is 2.31. The van der Waals surface area contributed by atoms with Crippen molar-refractivity contribution in [2.24, 2.45) is 5.11 Å². The topological polar surface area (TPSA) is 285 Å². The number of unbranched alkanes of at least 4 members (excludes halogenated alkanes) is 5. The lowest BCUT2D eigenvalue weighted by molar-refractivity contribution is 0.0540. The second-order valence-corrected chi connectivity index (χ2v) is 23.2. The van der Waals surface area contributed by atoms with Gasteiger partial charge >= 0.3 is 6.09 Å². The van der Waals surface area contributed by atoms with Crippen LogP contribution in [0.5, 0.6) is 0 Å². The number of aromatic nitrogens is 7. The van der Waals surface area contributed by atoms with Crippen LogP contribution in [-0.4, -0.2) is 81.9 Å². The quantitative estimate of drug-likeness (QED) is 0.0175. The van der Waals surface area contributed by atoms with Crippen LogP contribution in [-0.2, 0) is 50.4 Å². The van der Waals surface area contributed by atoms with Crippen LogP contribution in [0.25, 0.3) is 10.4 Å². The number of azide groups is 1. The van der Waals surface area contributed by atoms with E-state index in [1.54, 1.807) is 17.1 Å². The van der Waals surface area contributed by atoms with Gasteiger partial charge in [0.05, 0.1) is 33.1 Å². The van der Waals surface area contributed by atoms with Crippen LogP contribution in [0.3, 0.4) is 0 Å². The molecule has 0 aliphatic carbocycles. The first-order valence-electron chi connectivity index (χ1n) is 24.7. The monoisotopic (exact) mass is 1080 g/mol. The zero-order chi connectivity index (χ0) is 54.8. The molecule has 408 valence electrons. The summed E-state index contributed by atoms with van der Waals surface area (Å²) in [5.74, 6) is 3.34. The Morgan fingerprint density at radius 1 is 0.784 bits per heavy atom. The molecule has 0 amide bonds. The summed E-state index contributed by atoms with van der Waals surface area (Å²) in [6, 6.07) is 0. The molecule has 2 aromatic carbocycles. The second-order valence-electron chi connectivity index (χ2n) is 19.5. The predicted molar refractivity (Wildman–Crippen MR) is 297 cm³/mol. The summed E-state index contributed by atoms with van der Waals surface area (Å²) in [6.45, 7) is 25.5. The van der Waals surface area contributed by atoms with Crippen molar-refractivity contribution in [2.45, 2.75) is 183 Å². The number of aryl methyl sites for hydroxylation is 4. The van der Waals surface area contributed by atoms with Gasteiger partial charge in [0.1, 0.15) is 5.60 Å². The number of ether oxygens (including phenoxy) is 1. The standard InChI is InChI=1S/C24H36N6O2S.C15H23N3O2.C13H20N4O2S.ClH/c1-16-17(2)19(4)23(20(5)18(16)3)33(31,32)13-9-12-30-15-22(28-29-30)11-8-6-7-10-21-14-26-24(25)27-21;1-5-6-7-8-9-10-12-11-18(13(16)17-12)14(19)20-15(2,3)4;1-8-9(2)11(4)13(12(5)10(8)3)20(18,19)16-7-6-15-17-14;/h14-15H,6-13H2,1-5H3,(H3,25,26,27);1,11H,6-10H2,2-4H3,(H2,16,17);16H,6-7H2,1-5H3;1H. The molecule has 0 unspecified atom stereocenters. The van der Waals surface area contributed by atoms with Crippen molar-refractivity contribution in [3.63, 3.8) is 0 Å². The number of carbonyl (C=O) groups is 1. The number of rotatable bonds is 21. The summed E-state index contributed by atoms with van der Waals surface area (Å²) in [6.07, 6.45) is 20.1. The number of anilines is 2. The minimum atomic E-state index is -3.60. The molecule has 0 fully saturated rings. The lowest BCUT2D eigenvalue weighted by atomic mass is 9.95. The van der Waals surface area contributed by atoms with Crippen molar-refractivity contribution < 1.29 is 26.4 Å². The molecule has 22 heteroatoms. The summed E-state index contributed by atoms with van der Waals surface area (Å²) in [4.78, 5) is 26.6. The van der Waals surface area contributed by atoms with Gasteiger partial charge in [-0.2, -0.15) is 0 Å². The number of aromatic amines is 1. The van der Waals surface area contributed by atoms with Crippen molar-refractivity contribution in [3.8, 4) is 12.3 Å². The fraction of sp³-hybridized carbons (Fsp3) is 0.558. The van der Waals surface area contributed by atoms with E-state index in [1.165, 1.54) is 10.1 Å². The number of nitrogens with zero attached hydrogens (tertiary/aromatic N) is 9. The van der Waals surface area contributed by atoms with Crippen LogP contribution in [0.4, 0.5) is 16.7 Å². The SMILES string of the molecule is C#CCCCCCc1cn(C(=O)OC(C)(C)C)c(N)n1.Cc1c(C)c(C)c(S(=O)(=O)CCCn2cc(CCCCCc3cnc(N)[nH]3)nn2)c(C)c1C.Cc1c(C)c(C)c(S(=O)(=O)NCCN=[N+]=[N-])c(C)c1C.Cl. The Morgan fingerprint density at radius 2 is 1.31 bits per heavy atom. The van der Waals surface area contributed by atoms with Gasteiger partial charge in [-0.25, -0.2) is 40.9 Å². The molecule has 0 saturated heterocycles. The van der Waals surface area contributed by atoms with E-state index in [-0.39, 0.29) is 37.2 Å². The number of benzene rings is 2. The molecule has 0 saturated carbocycles. The van der Waals surface area contributed by atoms with E-state index in [4.69, 9.17) is 28.2 Å². The maximum Gasteiger partial charge on any atom is 0.421 e. The molecule has 5 aromatic rings. The third kappa shape index (κ3) is 18.8. The molecular weight excluding hydrogens is 1000 g/mol. The zero-order valence-electron chi connectivity index (χ0n) is 45.8. The Balaban J connectivity index is 0.000000399. The molecule has 0 radical (unpaired) electrons. The number of sulfone groups is 1. The highest BCUT2D eigenvalue weighted by atomic mass is 35.5. The van der Waals surface area contributed by atoms with Crippen molar-refractivity contribution >= 4 is 50.3 Å². The lowest BCUT2D eigenvalue weighted by Crippen LogP contribution is -2.28. The number of imidazole rings is 2. The van der Waals surface area contributed by atoms with E-state index >= 15 is 0 Å². The number of H-pyrrole nitrogens is 1. The van der Waals surface area contributed by atoms with E-state index in [2.05, 4.69) is 52.9 Å². The maximum absolute atomic E-state index is 13.1. The van der Waals surface area contributed by atoms with Gasteiger partial charge in [0.25, 0.3) is 0 Å². The van der Waals surface area contributed by atoms with Crippen LogP contribution in [0.15, 0.2) is 33.5 Å². The Kier molecular flexibility index (Phi) is 25.4. The van der Waals surface area contributed by atoms with Gasteiger partial charge in [-0.05, 0) is 203 Å². The van der Waals surface area contributed by atoms with Gasteiger partial charge in [0.15, 0.2) is 15.8 Å². The van der Waals surface area contributed by atoms with Gasteiger partial charge in [0.2, 0.25) is 16.0 Å². The summed E-state index contributed by atoms with van der Waals surface area (Å²) < 4.78 is 61.8. The van der Waals surface area contributed by atoms with Crippen LogP contribution < -0.4 is 16.2 Å². The molecule has 0 aliphatic rings. The molecule has 74 heavy (non-hydrogen) atoms. The third-order valence-electron chi connectivity index (χ3n) is 13.1. The number of halogens is 1. The highest BCUT2D eigenvalue weighted by molar-refractivity contribution is 7.91.